The van der Waals surface area contributed by atoms with Gasteiger partial charge in [-0.3, -0.25) is 4.79 Å². The molecular weight excluding hydrogens is 312 g/mol. The topological polar surface area (TPSA) is 82.2 Å². The maximum Gasteiger partial charge on any atom is 0.240 e. The predicted octanol–water partition coefficient (Wildman–Crippen LogP) is 2.30. The summed E-state index contributed by atoms with van der Waals surface area (Å²) >= 11 is 0. The van der Waals surface area contributed by atoms with Crippen LogP contribution in [0.1, 0.15) is 37.7 Å². The Morgan fingerprint density at radius 1 is 1.40 bits per heavy atom. The highest BCUT2D eigenvalue weighted by molar-refractivity contribution is 5.82. The van der Waals surface area contributed by atoms with Gasteiger partial charge >= 0.3 is 0 Å². The van der Waals surface area contributed by atoms with Crippen molar-refractivity contribution >= 4 is 12.0 Å². The summed E-state index contributed by atoms with van der Waals surface area (Å²) in [6.07, 6.45) is 8.46. The number of nitrogens with one attached hydrogen (secondary N) is 1. The van der Waals surface area contributed by atoms with Crippen molar-refractivity contribution in [1.29, 1.82) is 5.26 Å². The van der Waals surface area contributed by atoms with Crippen molar-refractivity contribution in [1.82, 2.24) is 10.2 Å². The van der Waals surface area contributed by atoms with E-state index in [1.54, 1.807) is 4.90 Å². The monoisotopic (exact) mass is 340 g/mol. The molecule has 1 heterocycles. The maximum atomic E-state index is 12.3. The van der Waals surface area contributed by atoms with Crippen LogP contribution in [-0.4, -0.2) is 42.5 Å². The van der Waals surface area contributed by atoms with Gasteiger partial charge in [0.2, 0.25) is 5.91 Å². The van der Waals surface area contributed by atoms with Crippen LogP contribution in [0.25, 0.3) is 6.08 Å². The lowest BCUT2D eigenvalue weighted by atomic mass is 10.1. The Hall–Kier alpha value is -2.16. The first kappa shape index (κ1) is 19.2. The molecule has 0 aliphatic carbocycles. The maximum absolute atomic E-state index is 12.3. The van der Waals surface area contributed by atoms with Crippen molar-refractivity contribution in [3.05, 3.63) is 42.0 Å². The minimum absolute atomic E-state index is 0.0668. The Labute approximate surface area is 150 Å². The molecule has 134 valence electrons. The number of hydrogen-bond donors (Lipinski definition) is 2. The predicted molar refractivity (Wildman–Crippen MR) is 101 cm³/mol. The fourth-order valence-electron chi connectivity index (χ4n) is 3.06. The van der Waals surface area contributed by atoms with Gasteiger partial charge in [-0.2, -0.15) is 5.26 Å². The molecule has 0 aromatic heterocycles. The van der Waals surface area contributed by atoms with E-state index in [1.165, 1.54) is 5.56 Å². The van der Waals surface area contributed by atoms with E-state index < -0.39 is 6.04 Å². The van der Waals surface area contributed by atoms with Gasteiger partial charge in [-0.1, -0.05) is 48.9 Å². The third kappa shape index (κ3) is 6.33. The van der Waals surface area contributed by atoms with Gasteiger partial charge < -0.3 is 16.0 Å². The molecule has 0 bridgehead atoms. The smallest absolute Gasteiger partial charge is 0.240 e. The minimum Gasteiger partial charge on any atom is -0.325 e. The van der Waals surface area contributed by atoms with Gasteiger partial charge in [0, 0.05) is 13.1 Å². The quantitative estimate of drug-likeness (QED) is 0.676. The second kappa shape index (κ2) is 10.7. The molecule has 5 nitrogen and oxygen atoms in total. The Morgan fingerprint density at radius 2 is 2.20 bits per heavy atom. The summed E-state index contributed by atoms with van der Waals surface area (Å²) in [5.74, 6) is -0.0668. The van der Waals surface area contributed by atoms with Gasteiger partial charge in [-0.25, -0.2) is 0 Å². The zero-order chi connectivity index (χ0) is 17.9. The number of carbonyl (C=O) groups is 1. The van der Waals surface area contributed by atoms with Crippen molar-refractivity contribution in [2.24, 2.45) is 5.73 Å². The van der Waals surface area contributed by atoms with E-state index in [0.717, 1.165) is 38.8 Å². The number of benzene rings is 1. The molecule has 1 aliphatic heterocycles. The minimum atomic E-state index is -0.480. The highest BCUT2D eigenvalue weighted by Crippen LogP contribution is 2.18. The van der Waals surface area contributed by atoms with Gasteiger partial charge in [0.15, 0.2) is 0 Å². The fourth-order valence-corrected chi connectivity index (χ4v) is 3.06. The normalized spacial score (nSPS) is 18.4. The largest absolute Gasteiger partial charge is 0.325 e. The lowest BCUT2D eigenvalue weighted by Gasteiger charge is -2.23. The molecule has 3 N–H and O–H groups in total. The molecule has 0 radical (unpaired) electrons. The lowest BCUT2D eigenvalue weighted by Crippen LogP contribution is -2.45. The average molecular weight is 340 g/mol. The zero-order valence-corrected chi connectivity index (χ0v) is 14.7. The number of amides is 1. The van der Waals surface area contributed by atoms with Crippen LogP contribution in [0, 0.1) is 11.3 Å². The third-order valence-electron chi connectivity index (χ3n) is 4.49. The van der Waals surface area contributed by atoms with Gasteiger partial charge in [0.1, 0.15) is 6.04 Å². The Balaban J connectivity index is 1.54. The van der Waals surface area contributed by atoms with E-state index >= 15 is 0 Å². The Kier molecular flexibility index (Phi) is 8.17. The summed E-state index contributed by atoms with van der Waals surface area (Å²) < 4.78 is 0. The van der Waals surface area contributed by atoms with Gasteiger partial charge in [0.25, 0.3) is 0 Å². The molecule has 2 rings (SSSR count). The Morgan fingerprint density at radius 3 is 2.96 bits per heavy atom. The van der Waals surface area contributed by atoms with E-state index in [9.17, 15) is 4.79 Å². The highest BCUT2D eigenvalue weighted by Gasteiger charge is 2.31. The van der Waals surface area contributed by atoms with E-state index in [4.69, 9.17) is 11.0 Å². The number of nitriles is 1. The molecule has 1 saturated heterocycles. The molecule has 0 saturated carbocycles. The van der Waals surface area contributed by atoms with Crippen LogP contribution in [0.2, 0.25) is 0 Å². The molecule has 0 unspecified atom stereocenters. The van der Waals surface area contributed by atoms with Crippen LogP contribution in [-0.2, 0) is 4.79 Å². The molecule has 1 amide bonds. The van der Waals surface area contributed by atoms with E-state index in [-0.39, 0.29) is 11.9 Å². The summed E-state index contributed by atoms with van der Waals surface area (Å²) in [6.45, 7) is 2.40. The molecule has 25 heavy (non-hydrogen) atoms. The molecular formula is C20H28N4O. The van der Waals surface area contributed by atoms with Crippen LogP contribution in [0.5, 0.6) is 0 Å². The molecule has 1 aromatic rings. The summed E-state index contributed by atoms with van der Waals surface area (Å²) in [5, 5.41) is 12.4. The number of hydrogen-bond acceptors (Lipinski definition) is 4. The number of rotatable bonds is 9. The number of nitrogens with two attached hydrogens (primary N) is 1. The van der Waals surface area contributed by atoms with Crippen LogP contribution in [0.15, 0.2) is 36.4 Å². The van der Waals surface area contributed by atoms with Crippen molar-refractivity contribution in [2.45, 2.75) is 44.2 Å². The van der Waals surface area contributed by atoms with Gasteiger partial charge in [0.05, 0.1) is 12.1 Å². The van der Waals surface area contributed by atoms with Gasteiger partial charge in [-0.05, 0) is 37.8 Å². The van der Waals surface area contributed by atoms with E-state index in [2.05, 4.69) is 35.7 Å². The third-order valence-corrected chi connectivity index (χ3v) is 4.49. The van der Waals surface area contributed by atoms with E-state index in [0.29, 0.717) is 13.0 Å². The van der Waals surface area contributed by atoms with E-state index in [1.807, 2.05) is 18.2 Å². The first-order valence-corrected chi connectivity index (χ1v) is 9.10. The Bertz CT molecular complexity index is 593. The number of nitrogens with zero attached hydrogens (tertiary/aromatic N) is 2. The molecule has 1 fully saturated rings. The second-order valence-electron chi connectivity index (χ2n) is 6.44. The second-order valence-corrected chi connectivity index (χ2v) is 6.44. The van der Waals surface area contributed by atoms with Crippen molar-refractivity contribution < 1.29 is 4.79 Å². The first-order valence-electron chi connectivity index (χ1n) is 9.10. The average Bonchev–Trinajstić information content (AvgIpc) is 3.12. The lowest BCUT2D eigenvalue weighted by molar-refractivity contribution is -0.132. The first-order chi connectivity index (χ1) is 12.2. The van der Waals surface area contributed by atoms with Gasteiger partial charge in [-0.15, -0.1) is 0 Å². The van der Waals surface area contributed by atoms with Crippen molar-refractivity contribution in [3.63, 3.8) is 0 Å². The molecule has 2 atom stereocenters. The molecule has 1 aliphatic rings. The SMILES string of the molecule is N#C[C@@H]1CCCN1C(=O)[C@@H](N)CCCCNCC=Cc1ccccc1. The summed E-state index contributed by atoms with van der Waals surface area (Å²) in [6, 6.07) is 11.6. The van der Waals surface area contributed by atoms with Crippen molar-refractivity contribution in [2.75, 3.05) is 19.6 Å². The zero-order valence-electron chi connectivity index (χ0n) is 14.7. The number of likely N-dealkylation sites (tertiary alicyclic amines) is 1. The van der Waals surface area contributed by atoms with Crippen molar-refractivity contribution in [3.8, 4) is 6.07 Å². The number of unbranched alkanes of at least 4 members (excludes halogenated alkanes) is 1. The number of carbonyl (C=O) groups excluding carboxylic acids is 1. The van der Waals surface area contributed by atoms with Crippen LogP contribution in [0.3, 0.4) is 0 Å². The molecule has 5 heteroatoms. The standard InChI is InChI=1S/C20H28N4O/c21-16-18-11-7-15-24(18)20(25)19(22)12-4-5-13-23-14-6-10-17-8-2-1-3-9-17/h1-3,6,8-10,18-19,23H,4-5,7,11-15,22H2/t18-,19-/m0/s1. The summed E-state index contributed by atoms with van der Waals surface area (Å²) in [4.78, 5) is 13.9. The van der Waals surface area contributed by atoms with Crippen LogP contribution in [0.4, 0.5) is 0 Å². The summed E-state index contributed by atoms with van der Waals surface area (Å²) in [5.41, 5.74) is 7.21. The molecule has 0 spiro atoms. The van der Waals surface area contributed by atoms with Crippen LogP contribution < -0.4 is 11.1 Å². The molecule has 1 aromatic carbocycles. The van der Waals surface area contributed by atoms with Crippen LogP contribution >= 0.6 is 0 Å². The fraction of sp³-hybridized carbons (Fsp3) is 0.500. The highest BCUT2D eigenvalue weighted by atomic mass is 16.2. The summed E-state index contributed by atoms with van der Waals surface area (Å²) in [7, 11) is 0.